The van der Waals surface area contributed by atoms with Gasteiger partial charge in [-0.1, -0.05) is 58.9 Å². The highest BCUT2D eigenvalue weighted by molar-refractivity contribution is 5.91. The van der Waals surface area contributed by atoms with Crippen LogP contribution >= 0.6 is 0 Å². The van der Waals surface area contributed by atoms with Crippen molar-refractivity contribution in [1.29, 1.82) is 5.26 Å². The number of benzene rings is 1. The number of amides is 2. The highest BCUT2D eigenvalue weighted by atomic mass is 16.2. The topological polar surface area (TPSA) is 86.1 Å². The molecule has 6 nitrogen and oxygen atoms in total. The lowest BCUT2D eigenvalue weighted by atomic mass is 9.90. The third kappa shape index (κ3) is 3.78. The summed E-state index contributed by atoms with van der Waals surface area (Å²) in [5, 5.41) is 14.6. The molecule has 1 aliphatic heterocycles. The van der Waals surface area contributed by atoms with Gasteiger partial charge in [0.25, 0.3) is 0 Å². The molecule has 0 radical (unpaired) electrons. The molecule has 1 aliphatic carbocycles. The highest BCUT2D eigenvalue weighted by Gasteiger charge is 2.69. The van der Waals surface area contributed by atoms with Crippen LogP contribution < -0.4 is 5.32 Å². The Morgan fingerprint density at radius 2 is 2.00 bits per heavy atom. The predicted octanol–water partition coefficient (Wildman–Crippen LogP) is 3.83. The zero-order valence-corrected chi connectivity index (χ0v) is 18.8. The number of nitrogens with zero attached hydrogens (tertiary/aromatic N) is 3. The van der Waals surface area contributed by atoms with Gasteiger partial charge < -0.3 is 10.2 Å². The summed E-state index contributed by atoms with van der Waals surface area (Å²) in [6, 6.07) is 8.55. The predicted molar refractivity (Wildman–Crippen MR) is 119 cm³/mol. The van der Waals surface area contributed by atoms with Crippen molar-refractivity contribution in [2.75, 3.05) is 6.54 Å². The average Bonchev–Trinajstić information content (AvgIpc) is 3.04. The van der Waals surface area contributed by atoms with Crippen molar-refractivity contribution in [2.45, 2.75) is 53.1 Å². The number of hydrogen-bond donors (Lipinski definition) is 1. The second kappa shape index (κ2) is 7.33. The molecule has 2 aromatic rings. The number of fused-ring (bicyclic) bond motifs is 2. The molecule has 1 aromatic heterocycles. The molecule has 4 atom stereocenters. The second-order valence-electron chi connectivity index (χ2n) is 10.7. The average molecular weight is 419 g/mol. The van der Waals surface area contributed by atoms with Crippen molar-refractivity contribution in [3.8, 4) is 6.07 Å². The number of likely N-dealkylation sites (tertiary alicyclic amines) is 1. The molecule has 1 saturated carbocycles. The molecule has 1 aromatic carbocycles. The zero-order valence-electron chi connectivity index (χ0n) is 18.8. The molecule has 2 fully saturated rings. The number of piperidine rings is 1. The van der Waals surface area contributed by atoms with E-state index < -0.39 is 12.1 Å². The molecule has 162 valence electrons. The van der Waals surface area contributed by atoms with Crippen molar-refractivity contribution < 1.29 is 9.59 Å². The third-order valence-corrected chi connectivity index (χ3v) is 6.90. The van der Waals surface area contributed by atoms with Crippen LogP contribution in [0.4, 0.5) is 0 Å². The first-order valence-electron chi connectivity index (χ1n) is 10.9. The summed E-state index contributed by atoms with van der Waals surface area (Å²) in [6.07, 6.45) is 3.78. The number of aromatic nitrogens is 1. The number of nitrogens with one attached hydrogen (secondary N) is 1. The monoisotopic (exact) mass is 418 g/mol. The van der Waals surface area contributed by atoms with Crippen LogP contribution in [0.2, 0.25) is 0 Å². The van der Waals surface area contributed by atoms with Gasteiger partial charge in [-0.15, -0.1) is 0 Å². The van der Waals surface area contributed by atoms with Crippen LogP contribution in [0.1, 0.15) is 52.6 Å². The minimum Gasteiger partial charge on any atom is -0.335 e. The van der Waals surface area contributed by atoms with E-state index >= 15 is 0 Å². The van der Waals surface area contributed by atoms with Gasteiger partial charge in [0.2, 0.25) is 11.8 Å². The Hall–Kier alpha value is -2.94. The maximum absolute atomic E-state index is 13.5. The van der Waals surface area contributed by atoms with Gasteiger partial charge in [0, 0.05) is 36.3 Å². The van der Waals surface area contributed by atoms with E-state index in [-0.39, 0.29) is 28.6 Å². The smallest absolute Gasteiger partial charge is 0.244 e. The molecule has 0 bridgehead atoms. The lowest BCUT2D eigenvalue weighted by Gasteiger charge is -2.32. The van der Waals surface area contributed by atoms with Crippen LogP contribution in [0.15, 0.2) is 36.7 Å². The van der Waals surface area contributed by atoms with Crippen molar-refractivity contribution in [3.63, 3.8) is 0 Å². The summed E-state index contributed by atoms with van der Waals surface area (Å²) in [5.74, 6) is 0.212. The first-order valence-corrected chi connectivity index (χ1v) is 10.9. The van der Waals surface area contributed by atoms with E-state index in [9.17, 15) is 14.9 Å². The van der Waals surface area contributed by atoms with Crippen molar-refractivity contribution >= 4 is 22.6 Å². The van der Waals surface area contributed by atoms with Crippen LogP contribution in [0.3, 0.4) is 0 Å². The number of carbonyl (C=O) groups excluding carboxylic acids is 2. The number of rotatable bonds is 4. The zero-order chi connectivity index (χ0) is 22.6. The van der Waals surface area contributed by atoms with Gasteiger partial charge in [-0.05, 0) is 28.1 Å². The minimum absolute atomic E-state index is 0.0102. The Morgan fingerprint density at radius 3 is 2.68 bits per heavy atom. The Labute approximate surface area is 183 Å². The normalized spacial score (nSPS) is 24.9. The molecule has 31 heavy (non-hydrogen) atoms. The molecule has 3 unspecified atom stereocenters. The summed E-state index contributed by atoms with van der Waals surface area (Å²) < 4.78 is 0. The summed E-state index contributed by atoms with van der Waals surface area (Å²) in [6.45, 7) is 11.0. The number of pyridine rings is 1. The molecular weight excluding hydrogens is 388 g/mol. The molecule has 2 amide bonds. The lowest BCUT2D eigenvalue weighted by molar-refractivity contribution is -0.141. The van der Waals surface area contributed by atoms with Crippen LogP contribution in [0.25, 0.3) is 10.8 Å². The molecular formula is C25H30N4O2. The van der Waals surface area contributed by atoms with Crippen molar-refractivity contribution in [2.24, 2.45) is 22.7 Å². The Morgan fingerprint density at radius 1 is 1.29 bits per heavy atom. The Kier molecular flexibility index (Phi) is 5.04. The lowest BCUT2D eigenvalue weighted by Crippen LogP contribution is -2.51. The quantitative estimate of drug-likeness (QED) is 0.817. The van der Waals surface area contributed by atoms with Crippen LogP contribution in [0, 0.1) is 34.0 Å². The fourth-order valence-electron chi connectivity index (χ4n) is 5.18. The van der Waals surface area contributed by atoms with Crippen LogP contribution in [0.5, 0.6) is 0 Å². The van der Waals surface area contributed by atoms with Gasteiger partial charge in [0.15, 0.2) is 0 Å². The Bertz CT molecular complexity index is 1070. The maximum Gasteiger partial charge on any atom is 0.244 e. The van der Waals surface area contributed by atoms with Crippen molar-refractivity contribution in [3.05, 3.63) is 42.2 Å². The molecule has 1 N–H and O–H groups in total. The summed E-state index contributed by atoms with van der Waals surface area (Å²) >= 11 is 0. The highest BCUT2D eigenvalue weighted by Crippen LogP contribution is 2.65. The number of hydrogen-bond acceptors (Lipinski definition) is 4. The fraction of sp³-hybridized carbons (Fsp3) is 0.520. The number of carbonyl (C=O) groups is 2. The van der Waals surface area contributed by atoms with E-state index in [0.717, 1.165) is 10.8 Å². The first-order chi connectivity index (χ1) is 14.5. The molecule has 6 heteroatoms. The third-order valence-electron chi connectivity index (χ3n) is 6.90. The fourth-order valence-corrected chi connectivity index (χ4v) is 5.18. The van der Waals surface area contributed by atoms with Crippen LogP contribution in [-0.2, 0) is 9.59 Å². The van der Waals surface area contributed by atoms with E-state index in [1.54, 1.807) is 17.3 Å². The molecule has 0 spiro atoms. The van der Waals surface area contributed by atoms with Gasteiger partial charge in [0.1, 0.15) is 12.1 Å². The van der Waals surface area contributed by atoms with Gasteiger partial charge in [-0.3, -0.25) is 14.6 Å². The molecule has 2 aliphatic rings. The maximum atomic E-state index is 13.5. The van der Waals surface area contributed by atoms with E-state index in [2.05, 4.69) is 30.2 Å². The molecule has 2 heterocycles. The van der Waals surface area contributed by atoms with Gasteiger partial charge in [-0.25, -0.2) is 0 Å². The van der Waals surface area contributed by atoms with Gasteiger partial charge >= 0.3 is 0 Å². The van der Waals surface area contributed by atoms with Crippen molar-refractivity contribution in [1.82, 2.24) is 15.2 Å². The Balaban J connectivity index is 1.60. The summed E-state index contributed by atoms with van der Waals surface area (Å²) in [7, 11) is 0. The van der Waals surface area contributed by atoms with Crippen LogP contribution in [-0.4, -0.2) is 34.3 Å². The SMILES string of the molecule is CC(C)(C)CC(=O)N1CC2C([C@H]1C(=O)NC(C#N)c1cncc3ccccc13)C2(C)C. The van der Waals surface area contributed by atoms with E-state index in [4.69, 9.17) is 0 Å². The number of nitriles is 1. The standard InChI is InChI=1S/C25H30N4O2/c1-24(2,3)10-20(30)29-14-18-21(25(18,4)5)22(29)23(31)28-19(11-26)17-13-27-12-15-8-6-7-9-16(15)17/h6-9,12-13,18-19,21-22H,10,14H2,1-5H3,(H,28,31)/t18?,19?,21?,22-/m0/s1. The van der Waals surface area contributed by atoms with Gasteiger partial charge in [0.05, 0.1) is 6.07 Å². The summed E-state index contributed by atoms with van der Waals surface area (Å²) in [4.78, 5) is 32.5. The molecule has 4 rings (SSSR count). The van der Waals surface area contributed by atoms with E-state index in [1.165, 1.54) is 0 Å². The second-order valence-corrected chi connectivity index (χ2v) is 10.7. The molecule has 1 saturated heterocycles. The first kappa shape index (κ1) is 21.3. The van der Waals surface area contributed by atoms with E-state index in [0.29, 0.717) is 24.4 Å². The van der Waals surface area contributed by atoms with Gasteiger partial charge in [-0.2, -0.15) is 5.26 Å². The van der Waals surface area contributed by atoms with E-state index in [1.807, 2.05) is 45.0 Å². The summed E-state index contributed by atoms with van der Waals surface area (Å²) in [5.41, 5.74) is 0.555. The minimum atomic E-state index is -0.827. The largest absolute Gasteiger partial charge is 0.335 e.